The third kappa shape index (κ3) is 5.39. The van der Waals surface area contributed by atoms with Crippen molar-refractivity contribution in [2.24, 2.45) is 5.41 Å². The molecule has 0 spiro atoms. The third-order valence-electron chi connectivity index (χ3n) is 4.48. The van der Waals surface area contributed by atoms with Gasteiger partial charge in [0.1, 0.15) is 12.4 Å². The molecule has 0 aliphatic rings. The van der Waals surface area contributed by atoms with Gasteiger partial charge in [0.25, 0.3) is 0 Å². The highest BCUT2D eigenvalue weighted by molar-refractivity contribution is 6.08. The van der Waals surface area contributed by atoms with Crippen LogP contribution in [0.2, 0.25) is 0 Å². The van der Waals surface area contributed by atoms with Crippen LogP contribution >= 0.6 is 0 Å². The summed E-state index contributed by atoms with van der Waals surface area (Å²) in [6.45, 7) is 2.67. The summed E-state index contributed by atoms with van der Waals surface area (Å²) in [5, 5.41) is 18.7. The molecule has 0 atom stereocenters. The Morgan fingerprint density at radius 1 is 0.923 bits per heavy atom. The van der Waals surface area contributed by atoms with Gasteiger partial charge in [-0.05, 0) is 30.7 Å². The zero-order valence-electron chi connectivity index (χ0n) is 15.1. The van der Waals surface area contributed by atoms with Crippen LogP contribution in [-0.2, 0) is 4.74 Å². The Balaban J connectivity index is 1.78. The largest absolute Gasteiger partial charge is 0.491 e. The van der Waals surface area contributed by atoms with Crippen molar-refractivity contribution in [1.82, 2.24) is 0 Å². The van der Waals surface area contributed by atoms with Gasteiger partial charge in [-0.3, -0.25) is 4.79 Å². The van der Waals surface area contributed by atoms with Crippen LogP contribution in [0.1, 0.15) is 29.3 Å². The van der Waals surface area contributed by atoms with Gasteiger partial charge in [0.15, 0.2) is 5.78 Å². The van der Waals surface area contributed by atoms with E-state index in [4.69, 9.17) is 9.47 Å². The number of aliphatic hydroxyl groups excluding tert-OH is 2. The molecule has 5 heteroatoms. The van der Waals surface area contributed by atoms with E-state index in [0.717, 1.165) is 0 Å². The van der Waals surface area contributed by atoms with E-state index in [2.05, 4.69) is 0 Å². The zero-order chi connectivity index (χ0) is 18.8. The van der Waals surface area contributed by atoms with Crippen molar-refractivity contribution < 1.29 is 24.5 Å². The van der Waals surface area contributed by atoms with E-state index in [-0.39, 0.29) is 25.6 Å². The van der Waals surface area contributed by atoms with E-state index in [1.165, 1.54) is 0 Å². The highest BCUT2D eigenvalue weighted by Gasteiger charge is 2.26. The number of rotatable bonds is 11. The van der Waals surface area contributed by atoms with Gasteiger partial charge in [-0.15, -0.1) is 0 Å². The molecule has 0 aliphatic heterocycles. The van der Waals surface area contributed by atoms with Gasteiger partial charge in [0.2, 0.25) is 0 Å². The zero-order valence-corrected chi connectivity index (χ0v) is 15.1. The summed E-state index contributed by atoms with van der Waals surface area (Å²) in [7, 11) is 0. The standard InChI is InChI=1S/C21H26O5/c1-2-21(14-22,15-23)16-25-12-13-26-19-10-8-18(9-11-19)20(24)17-6-4-3-5-7-17/h3-11,22-23H,2,12-16H2,1H3. The first kappa shape index (κ1) is 20.1. The third-order valence-corrected chi connectivity index (χ3v) is 4.48. The molecule has 140 valence electrons. The maximum Gasteiger partial charge on any atom is 0.193 e. The number of aliphatic hydroxyl groups is 2. The molecule has 5 nitrogen and oxygen atoms in total. The second-order valence-electron chi connectivity index (χ2n) is 6.29. The molecule has 0 aromatic heterocycles. The first-order valence-electron chi connectivity index (χ1n) is 8.76. The Hall–Kier alpha value is -2.21. The van der Waals surface area contributed by atoms with Gasteiger partial charge < -0.3 is 19.7 Å². The van der Waals surface area contributed by atoms with Gasteiger partial charge in [-0.25, -0.2) is 0 Å². The minimum Gasteiger partial charge on any atom is -0.491 e. The van der Waals surface area contributed by atoms with Crippen molar-refractivity contribution in [1.29, 1.82) is 0 Å². The predicted molar refractivity (Wildman–Crippen MR) is 99.5 cm³/mol. The Morgan fingerprint density at radius 3 is 2.12 bits per heavy atom. The van der Waals surface area contributed by atoms with Crippen molar-refractivity contribution in [3.05, 3.63) is 65.7 Å². The van der Waals surface area contributed by atoms with E-state index < -0.39 is 5.41 Å². The summed E-state index contributed by atoms with van der Waals surface area (Å²) in [6.07, 6.45) is 0.637. The van der Waals surface area contributed by atoms with Crippen LogP contribution in [-0.4, -0.2) is 49.0 Å². The van der Waals surface area contributed by atoms with Gasteiger partial charge in [-0.1, -0.05) is 37.3 Å². The van der Waals surface area contributed by atoms with Crippen molar-refractivity contribution in [3.8, 4) is 5.75 Å². The second-order valence-corrected chi connectivity index (χ2v) is 6.29. The topological polar surface area (TPSA) is 76.0 Å². The Morgan fingerprint density at radius 2 is 1.54 bits per heavy atom. The minimum absolute atomic E-state index is 0.0237. The van der Waals surface area contributed by atoms with E-state index in [1.807, 2.05) is 25.1 Å². The van der Waals surface area contributed by atoms with Crippen LogP contribution in [0.4, 0.5) is 0 Å². The number of benzene rings is 2. The fourth-order valence-corrected chi connectivity index (χ4v) is 2.43. The van der Waals surface area contributed by atoms with Crippen molar-refractivity contribution in [2.45, 2.75) is 13.3 Å². The number of ketones is 1. The number of carbonyl (C=O) groups excluding carboxylic acids is 1. The molecule has 0 saturated carbocycles. The fourth-order valence-electron chi connectivity index (χ4n) is 2.43. The number of ether oxygens (including phenoxy) is 2. The Kier molecular flexibility index (Phi) is 7.78. The Bertz CT molecular complexity index is 654. The summed E-state index contributed by atoms with van der Waals surface area (Å²) in [4.78, 5) is 12.3. The van der Waals surface area contributed by atoms with E-state index in [1.54, 1.807) is 36.4 Å². The molecule has 0 unspecified atom stereocenters. The summed E-state index contributed by atoms with van der Waals surface area (Å²) in [5.41, 5.74) is 0.666. The van der Waals surface area contributed by atoms with Crippen molar-refractivity contribution in [2.75, 3.05) is 33.0 Å². The lowest BCUT2D eigenvalue weighted by atomic mass is 9.88. The van der Waals surface area contributed by atoms with Crippen LogP contribution in [0.5, 0.6) is 5.75 Å². The maximum absolute atomic E-state index is 12.3. The molecule has 2 aromatic rings. The second kappa shape index (κ2) is 10.1. The fraction of sp³-hybridized carbons (Fsp3) is 0.381. The molecule has 2 N–H and O–H groups in total. The van der Waals surface area contributed by atoms with Crippen molar-refractivity contribution >= 4 is 5.78 Å². The van der Waals surface area contributed by atoms with E-state index in [9.17, 15) is 15.0 Å². The molecular weight excluding hydrogens is 332 g/mol. The average Bonchev–Trinajstić information content (AvgIpc) is 2.72. The summed E-state index contributed by atoms with van der Waals surface area (Å²) < 4.78 is 11.1. The summed E-state index contributed by atoms with van der Waals surface area (Å²) in [5.74, 6) is 0.633. The first-order valence-corrected chi connectivity index (χ1v) is 8.76. The van der Waals surface area contributed by atoms with Crippen LogP contribution in [0.3, 0.4) is 0 Å². The minimum atomic E-state index is -0.598. The van der Waals surface area contributed by atoms with Crippen molar-refractivity contribution in [3.63, 3.8) is 0 Å². The molecule has 0 heterocycles. The van der Waals surface area contributed by atoms with E-state index in [0.29, 0.717) is 36.5 Å². The molecule has 0 radical (unpaired) electrons. The van der Waals surface area contributed by atoms with Crippen LogP contribution in [0, 0.1) is 5.41 Å². The quantitative estimate of drug-likeness (QED) is 0.477. The van der Waals surface area contributed by atoms with Gasteiger partial charge in [0, 0.05) is 16.5 Å². The maximum atomic E-state index is 12.3. The molecule has 0 bridgehead atoms. The molecule has 0 fully saturated rings. The van der Waals surface area contributed by atoms with Gasteiger partial charge in [-0.2, -0.15) is 0 Å². The van der Waals surface area contributed by atoms with Gasteiger partial charge in [0.05, 0.1) is 26.4 Å². The summed E-state index contributed by atoms with van der Waals surface area (Å²) in [6, 6.07) is 16.1. The molecule has 2 rings (SSSR count). The molecular formula is C21H26O5. The molecule has 0 amide bonds. The number of hydrogen-bond donors (Lipinski definition) is 2. The smallest absolute Gasteiger partial charge is 0.193 e. The monoisotopic (exact) mass is 358 g/mol. The number of hydrogen-bond acceptors (Lipinski definition) is 5. The van der Waals surface area contributed by atoms with Crippen LogP contribution < -0.4 is 4.74 Å². The lowest BCUT2D eigenvalue weighted by Gasteiger charge is -2.27. The lowest BCUT2D eigenvalue weighted by molar-refractivity contribution is -0.0353. The van der Waals surface area contributed by atoms with Crippen LogP contribution in [0.15, 0.2) is 54.6 Å². The molecule has 2 aromatic carbocycles. The van der Waals surface area contributed by atoms with E-state index >= 15 is 0 Å². The van der Waals surface area contributed by atoms with Crippen LogP contribution in [0.25, 0.3) is 0 Å². The van der Waals surface area contributed by atoms with Gasteiger partial charge >= 0.3 is 0 Å². The molecule has 26 heavy (non-hydrogen) atoms. The average molecular weight is 358 g/mol. The SMILES string of the molecule is CCC(CO)(CO)COCCOc1ccc(C(=O)c2ccccc2)cc1. The molecule has 0 aliphatic carbocycles. The lowest BCUT2D eigenvalue weighted by Crippen LogP contribution is -2.34. The highest BCUT2D eigenvalue weighted by atomic mass is 16.5. The normalized spacial score (nSPS) is 11.3. The predicted octanol–water partition coefficient (Wildman–Crippen LogP) is 2.69. The summed E-state index contributed by atoms with van der Waals surface area (Å²) >= 11 is 0. The highest BCUT2D eigenvalue weighted by Crippen LogP contribution is 2.20. The number of carbonyl (C=O) groups is 1. The first-order chi connectivity index (χ1) is 12.6. The molecule has 0 saturated heterocycles. The Labute approximate surface area is 154 Å².